The standard InChI is InChI=1S/C27H42/c1-3-21-6-10-23(11-7-21)25-14-18-27(19-15-25)26-16-12-24(13-17-26)22-8-4-20(2)5-9-22/h4-5,8-9,21,23-27H,3,6-7,10-19H2,1-2H3. The molecule has 0 heterocycles. The van der Waals surface area contributed by atoms with Crippen molar-refractivity contribution in [1.82, 2.24) is 0 Å². The molecular formula is C27H42. The Bertz CT molecular complexity index is 546. The second kappa shape index (κ2) is 9.15. The van der Waals surface area contributed by atoms with Crippen molar-refractivity contribution in [2.75, 3.05) is 0 Å². The van der Waals surface area contributed by atoms with Gasteiger partial charge in [0.1, 0.15) is 0 Å². The van der Waals surface area contributed by atoms with Gasteiger partial charge < -0.3 is 0 Å². The Morgan fingerprint density at radius 2 is 1.00 bits per heavy atom. The third kappa shape index (κ3) is 4.80. The molecule has 3 aliphatic carbocycles. The molecule has 27 heavy (non-hydrogen) atoms. The molecule has 3 saturated carbocycles. The lowest BCUT2D eigenvalue weighted by Gasteiger charge is -2.41. The van der Waals surface area contributed by atoms with Crippen LogP contribution in [0.15, 0.2) is 24.3 Å². The third-order valence-electron chi connectivity index (χ3n) is 8.94. The van der Waals surface area contributed by atoms with Crippen LogP contribution in [0.2, 0.25) is 0 Å². The van der Waals surface area contributed by atoms with Crippen molar-refractivity contribution >= 4 is 0 Å². The molecule has 3 fully saturated rings. The number of rotatable bonds is 4. The summed E-state index contributed by atoms with van der Waals surface area (Å²) in [5, 5.41) is 0. The topological polar surface area (TPSA) is 0 Å². The van der Waals surface area contributed by atoms with E-state index in [4.69, 9.17) is 0 Å². The Labute approximate surface area is 168 Å². The average Bonchev–Trinajstić information content (AvgIpc) is 2.75. The fourth-order valence-corrected chi connectivity index (χ4v) is 6.92. The molecule has 1 aromatic rings. The second-order valence-corrected chi connectivity index (χ2v) is 10.4. The average molecular weight is 367 g/mol. The molecule has 0 N–H and O–H groups in total. The molecule has 0 heteroatoms. The fourth-order valence-electron chi connectivity index (χ4n) is 6.92. The minimum Gasteiger partial charge on any atom is -0.0651 e. The van der Waals surface area contributed by atoms with E-state index in [9.17, 15) is 0 Å². The predicted octanol–water partition coefficient (Wildman–Crippen LogP) is 8.29. The number of aryl methyl sites for hydroxylation is 1. The first-order valence-corrected chi connectivity index (χ1v) is 12.3. The van der Waals surface area contributed by atoms with Gasteiger partial charge in [-0.05, 0) is 112 Å². The van der Waals surface area contributed by atoms with Crippen molar-refractivity contribution in [2.45, 2.75) is 103 Å². The van der Waals surface area contributed by atoms with Crippen LogP contribution in [-0.2, 0) is 0 Å². The minimum atomic E-state index is 0.840. The monoisotopic (exact) mass is 366 g/mol. The number of benzene rings is 1. The van der Waals surface area contributed by atoms with Gasteiger partial charge in [-0.25, -0.2) is 0 Å². The van der Waals surface area contributed by atoms with Crippen LogP contribution in [0, 0.1) is 36.5 Å². The van der Waals surface area contributed by atoms with Crippen molar-refractivity contribution in [3.8, 4) is 0 Å². The maximum absolute atomic E-state index is 2.39. The van der Waals surface area contributed by atoms with Crippen LogP contribution < -0.4 is 0 Å². The predicted molar refractivity (Wildman–Crippen MR) is 117 cm³/mol. The first-order chi connectivity index (χ1) is 13.2. The van der Waals surface area contributed by atoms with Gasteiger partial charge in [-0.1, -0.05) is 56.0 Å². The van der Waals surface area contributed by atoms with Gasteiger partial charge in [0.05, 0.1) is 0 Å². The van der Waals surface area contributed by atoms with E-state index in [2.05, 4.69) is 38.1 Å². The van der Waals surface area contributed by atoms with Crippen LogP contribution in [0.4, 0.5) is 0 Å². The Morgan fingerprint density at radius 1 is 0.593 bits per heavy atom. The molecule has 0 amide bonds. The third-order valence-corrected chi connectivity index (χ3v) is 8.94. The molecule has 0 unspecified atom stereocenters. The van der Waals surface area contributed by atoms with Gasteiger partial charge in [-0.15, -0.1) is 0 Å². The van der Waals surface area contributed by atoms with Crippen LogP contribution in [0.1, 0.15) is 107 Å². The Kier molecular flexibility index (Phi) is 6.62. The molecule has 150 valence electrons. The zero-order valence-corrected chi connectivity index (χ0v) is 18.0. The van der Waals surface area contributed by atoms with Gasteiger partial charge in [0.2, 0.25) is 0 Å². The first-order valence-electron chi connectivity index (χ1n) is 12.3. The van der Waals surface area contributed by atoms with Gasteiger partial charge in [0.15, 0.2) is 0 Å². The highest BCUT2D eigenvalue weighted by molar-refractivity contribution is 5.24. The van der Waals surface area contributed by atoms with Crippen molar-refractivity contribution in [2.24, 2.45) is 29.6 Å². The summed E-state index contributed by atoms with van der Waals surface area (Å²) >= 11 is 0. The van der Waals surface area contributed by atoms with Crippen LogP contribution in [0.25, 0.3) is 0 Å². The summed E-state index contributed by atoms with van der Waals surface area (Å²) in [5.41, 5.74) is 3.00. The van der Waals surface area contributed by atoms with Gasteiger partial charge in [-0.2, -0.15) is 0 Å². The molecule has 0 radical (unpaired) electrons. The normalized spacial score (nSPS) is 37.9. The van der Waals surface area contributed by atoms with E-state index in [1.54, 1.807) is 44.1 Å². The molecule has 0 bridgehead atoms. The van der Waals surface area contributed by atoms with Crippen LogP contribution in [0.3, 0.4) is 0 Å². The lowest BCUT2D eigenvalue weighted by atomic mass is 9.64. The molecule has 0 spiro atoms. The second-order valence-electron chi connectivity index (χ2n) is 10.4. The maximum Gasteiger partial charge on any atom is -0.0162 e. The Morgan fingerprint density at radius 3 is 1.44 bits per heavy atom. The highest BCUT2D eigenvalue weighted by atomic mass is 14.4. The maximum atomic E-state index is 2.39. The Hall–Kier alpha value is -0.780. The van der Waals surface area contributed by atoms with Crippen molar-refractivity contribution in [1.29, 1.82) is 0 Å². The summed E-state index contributed by atoms with van der Waals surface area (Å²) in [6.45, 7) is 4.59. The van der Waals surface area contributed by atoms with Crippen LogP contribution >= 0.6 is 0 Å². The number of hydrogen-bond donors (Lipinski definition) is 0. The first kappa shape index (κ1) is 19.5. The van der Waals surface area contributed by atoms with Crippen molar-refractivity contribution in [3.05, 3.63) is 35.4 Å². The summed E-state index contributed by atoms with van der Waals surface area (Å²) in [5.74, 6) is 6.18. The van der Waals surface area contributed by atoms with E-state index in [1.165, 1.54) is 50.5 Å². The smallest absolute Gasteiger partial charge is 0.0162 e. The summed E-state index contributed by atoms with van der Waals surface area (Å²) < 4.78 is 0. The van der Waals surface area contributed by atoms with Gasteiger partial charge in [0, 0.05) is 0 Å². The van der Waals surface area contributed by atoms with Crippen LogP contribution in [-0.4, -0.2) is 0 Å². The van der Waals surface area contributed by atoms with E-state index in [1.807, 2.05) is 0 Å². The highest BCUT2D eigenvalue weighted by Crippen LogP contribution is 2.47. The molecule has 0 aromatic heterocycles. The molecule has 1 aromatic carbocycles. The molecule has 0 nitrogen and oxygen atoms in total. The highest BCUT2D eigenvalue weighted by Gasteiger charge is 2.34. The Balaban J connectivity index is 1.21. The van der Waals surface area contributed by atoms with Gasteiger partial charge >= 0.3 is 0 Å². The molecular weight excluding hydrogens is 324 g/mol. The lowest BCUT2D eigenvalue weighted by Crippen LogP contribution is -2.29. The summed E-state index contributed by atoms with van der Waals surface area (Å²) in [6, 6.07) is 9.38. The molecule has 0 atom stereocenters. The summed E-state index contributed by atoms with van der Waals surface area (Å²) in [6.07, 6.45) is 19.7. The van der Waals surface area contributed by atoms with E-state index in [0.717, 1.165) is 35.5 Å². The fraction of sp³-hybridized carbons (Fsp3) is 0.778. The van der Waals surface area contributed by atoms with E-state index < -0.39 is 0 Å². The van der Waals surface area contributed by atoms with Crippen molar-refractivity contribution < 1.29 is 0 Å². The summed E-state index contributed by atoms with van der Waals surface area (Å²) in [7, 11) is 0. The quantitative estimate of drug-likeness (QED) is 0.502. The molecule has 3 aliphatic rings. The van der Waals surface area contributed by atoms with Crippen LogP contribution in [0.5, 0.6) is 0 Å². The zero-order valence-electron chi connectivity index (χ0n) is 18.0. The largest absolute Gasteiger partial charge is 0.0651 e. The van der Waals surface area contributed by atoms with Gasteiger partial charge in [-0.3, -0.25) is 0 Å². The van der Waals surface area contributed by atoms with Gasteiger partial charge in [0.25, 0.3) is 0 Å². The van der Waals surface area contributed by atoms with E-state index in [-0.39, 0.29) is 0 Å². The minimum absolute atomic E-state index is 0.840. The number of hydrogen-bond acceptors (Lipinski definition) is 0. The zero-order chi connectivity index (χ0) is 18.6. The van der Waals surface area contributed by atoms with Crippen molar-refractivity contribution in [3.63, 3.8) is 0 Å². The lowest BCUT2D eigenvalue weighted by molar-refractivity contribution is 0.109. The molecule has 0 aliphatic heterocycles. The molecule has 0 saturated heterocycles. The van der Waals surface area contributed by atoms with E-state index >= 15 is 0 Å². The summed E-state index contributed by atoms with van der Waals surface area (Å²) in [4.78, 5) is 0. The SMILES string of the molecule is CCC1CCC(C2CCC(C3CCC(c4ccc(C)cc4)CC3)CC2)CC1. The van der Waals surface area contributed by atoms with E-state index in [0.29, 0.717) is 0 Å². The molecule has 4 rings (SSSR count).